The SMILES string of the molecule is Cc1cc(C)c(C#N)c(-n2cc(C(=O)O)c(C)n2)n1. The quantitative estimate of drug-likeness (QED) is 0.883. The first-order valence-electron chi connectivity index (χ1n) is 5.62. The highest BCUT2D eigenvalue weighted by atomic mass is 16.4. The molecule has 2 rings (SSSR count). The molecule has 0 bridgehead atoms. The fourth-order valence-corrected chi connectivity index (χ4v) is 1.90. The normalized spacial score (nSPS) is 10.2. The molecule has 0 atom stereocenters. The van der Waals surface area contributed by atoms with Gasteiger partial charge in [0.25, 0.3) is 0 Å². The maximum Gasteiger partial charge on any atom is 0.339 e. The van der Waals surface area contributed by atoms with Crippen molar-refractivity contribution >= 4 is 5.97 Å². The van der Waals surface area contributed by atoms with Gasteiger partial charge in [0.1, 0.15) is 11.6 Å². The number of nitrogens with zero attached hydrogens (tertiary/aromatic N) is 4. The second-order valence-electron chi connectivity index (χ2n) is 4.27. The second kappa shape index (κ2) is 4.53. The fraction of sp³-hybridized carbons (Fsp3) is 0.231. The lowest BCUT2D eigenvalue weighted by Gasteiger charge is -2.07. The van der Waals surface area contributed by atoms with Gasteiger partial charge in [-0.1, -0.05) is 0 Å². The van der Waals surface area contributed by atoms with E-state index < -0.39 is 5.97 Å². The monoisotopic (exact) mass is 256 g/mol. The summed E-state index contributed by atoms with van der Waals surface area (Å²) in [6.07, 6.45) is 1.37. The molecule has 6 heteroatoms. The summed E-state index contributed by atoms with van der Waals surface area (Å²) in [5.74, 6) is -0.692. The molecule has 0 saturated heterocycles. The van der Waals surface area contributed by atoms with Crippen LogP contribution in [0.25, 0.3) is 5.82 Å². The minimum atomic E-state index is -1.05. The molecular weight excluding hydrogens is 244 g/mol. The van der Waals surface area contributed by atoms with Crippen molar-refractivity contribution in [3.05, 3.63) is 40.3 Å². The average molecular weight is 256 g/mol. The zero-order valence-electron chi connectivity index (χ0n) is 10.8. The van der Waals surface area contributed by atoms with Crippen LogP contribution in [0.2, 0.25) is 0 Å². The van der Waals surface area contributed by atoms with Gasteiger partial charge in [0.15, 0.2) is 5.82 Å². The summed E-state index contributed by atoms with van der Waals surface area (Å²) in [5, 5.41) is 22.3. The Hall–Kier alpha value is -2.68. The van der Waals surface area contributed by atoms with E-state index in [1.54, 1.807) is 13.0 Å². The molecule has 19 heavy (non-hydrogen) atoms. The molecule has 0 aliphatic rings. The topological polar surface area (TPSA) is 91.8 Å². The molecule has 0 aliphatic heterocycles. The van der Waals surface area contributed by atoms with Crippen LogP contribution < -0.4 is 0 Å². The first kappa shape index (κ1) is 12.8. The van der Waals surface area contributed by atoms with Crippen LogP contribution in [0.1, 0.15) is 32.9 Å². The molecule has 1 N–H and O–H groups in total. The maximum atomic E-state index is 11.0. The van der Waals surface area contributed by atoms with Gasteiger partial charge in [-0.25, -0.2) is 14.5 Å². The third-order valence-electron chi connectivity index (χ3n) is 2.78. The van der Waals surface area contributed by atoms with Gasteiger partial charge in [0.2, 0.25) is 0 Å². The molecule has 0 radical (unpaired) electrons. The van der Waals surface area contributed by atoms with Crippen molar-refractivity contribution in [1.82, 2.24) is 14.8 Å². The van der Waals surface area contributed by atoms with Crippen molar-refractivity contribution in [3.63, 3.8) is 0 Å². The maximum absolute atomic E-state index is 11.0. The van der Waals surface area contributed by atoms with Gasteiger partial charge in [0.05, 0.1) is 11.3 Å². The number of carboxylic acid groups (broad SMARTS) is 1. The van der Waals surface area contributed by atoms with Crippen LogP contribution >= 0.6 is 0 Å². The molecule has 0 aromatic carbocycles. The molecule has 0 fully saturated rings. The summed E-state index contributed by atoms with van der Waals surface area (Å²) in [4.78, 5) is 15.3. The van der Waals surface area contributed by atoms with E-state index >= 15 is 0 Å². The minimum absolute atomic E-state index is 0.102. The van der Waals surface area contributed by atoms with Gasteiger partial charge in [-0.05, 0) is 32.4 Å². The molecule has 0 aliphatic carbocycles. The van der Waals surface area contributed by atoms with E-state index in [1.807, 2.05) is 13.8 Å². The molecule has 6 nitrogen and oxygen atoms in total. The van der Waals surface area contributed by atoms with Crippen molar-refractivity contribution in [2.45, 2.75) is 20.8 Å². The number of rotatable bonds is 2. The second-order valence-corrected chi connectivity index (χ2v) is 4.27. The Morgan fingerprint density at radius 1 is 1.42 bits per heavy atom. The highest BCUT2D eigenvalue weighted by Gasteiger charge is 2.16. The first-order chi connectivity index (χ1) is 8.93. The van der Waals surface area contributed by atoms with Crippen LogP contribution in [0.15, 0.2) is 12.3 Å². The molecular formula is C13H12N4O2. The molecule has 0 amide bonds. The lowest BCUT2D eigenvalue weighted by molar-refractivity contribution is 0.0696. The molecule has 2 aromatic heterocycles. The van der Waals surface area contributed by atoms with Gasteiger partial charge in [0, 0.05) is 11.9 Å². The smallest absolute Gasteiger partial charge is 0.339 e. The molecule has 0 saturated carbocycles. The van der Waals surface area contributed by atoms with Crippen molar-refractivity contribution < 1.29 is 9.90 Å². The fourth-order valence-electron chi connectivity index (χ4n) is 1.90. The van der Waals surface area contributed by atoms with Crippen molar-refractivity contribution in [1.29, 1.82) is 5.26 Å². The Balaban J connectivity index is 2.69. The summed E-state index contributed by atoms with van der Waals surface area (Å²) in [5.41, 5.74) is 2.42. The first-order valence-corrected chi connectivity index (χ1v) is 5.62. The van der Waals surface area contributed by atoms with Crippen LogP contribution in [0.4, 0.5) is 0 Å². The Morgan fingerprint density at radius 2 is 2.11 bits per heavy atom. The van der Waals surface area contributed by atoms with E-state index in [-0.39, 0.29) is 5.56 Å². The van der Waals surface area contributed by atoms with Gasteiger partial charge < -0.3 is 5.11 Å². The number of carbonyl (C=O) groups is 1. The van der Waals surface area contributed by atoms with Gasteiger partial charge in [-0.2, -0.15) is 10.4 Å². The van der Waals surface area contributed by atoms with E-state index in [0.717, 1.165) is 11.3 Å². The number of aromatic carboxylic acids is 1. The van der Waals surface area contributed by atoms with Gasteiger partial charge >= 0.3 is 5.97 Å². The molecule has 0 unspecified atom stereocenters. The Bertz CT molecular complexity index is 710. The van der Waals surface area contributed by atoms with E-state index in [0.29, 0.717) is 17.1 Å². The number of hydrogen-bond acceptors (Lipinski definition) is 4. The molecule has 0 spiro atoms. The highest BCUT2D eigenvalue weighted by molar-refractivity contribution is 5.88. The minimum Gasteiger partial charge on any atom is -0.478 e. The molecule has 2 heterocycles. The number of hydrogen-bond donors (Lipinski definition) is 1. The highest BCUT2D eigenvalue weighted by Crippen LogP contribution is 2.18. The predicted octanol–water partition coefficient (Wildman–Crippen LogP) is 1.76. The van der Waals surface area contributed by atoms with E-state index in [4.69, 9.17) is 5.11 Å². The Morgan fingerprint density at radius 3 is 2.63 bits per heavy atom. The number of carboxylic acids is 1. The van der Waals surface area contributed by atoms with Crippen LogP contribution in [0.5, 0.6) is 0 Å². The zero-order valence-corrected chi connectivity index (χ0v) is 10.8. The van der Waals surface area contributed by atoms with Crippen molar-refractivity contribution in [2.24, 2.45) is 0 Å². The van der Waals surface area contributed by atoms with Gasteiger partial charge in [-0.15, -0.1) is 0 Å². The lowest BCUT2D eigenvalue weighted by atomic mass is 10.1. The Kier molecular flexibility index (Phi) is 3.05. The summed E-state index contributed by atoms with van der Waals surface area (Å²) >= 11 is 0. The standard InChI is InChI=1S/C13H12N4O2/c1-7-4-8(2)15-12(10(7)5-14)17-6-11(13(18)19)9(3)16-17/h4,6H,1-3H3,(H,18,19). The molecule has 96 valence electrons. The van der Waals surface area contributed by atoms with Crippen molar-refractivity contribution in [2.75, 3.05) is 0 Å². The predicted molar refractivity (Wildman–Crippen MR) is 67.2 cm³/mol. The van der Waals surface area contributed by atoms with Crippen LogP contribution in [0.3, 0.4) is 0 Å². The number of pyridine rings is 1. The number of aryl methyl sites for hydroxylation is 3. The summed E-state index contributed by atoms with van der Waals surface area (Å²) in [7, 11) is 0. The van der Waals surface area contributed by atoms with Crippen LogP contribution in [-0.2, 0) is 0 Å². The number of aromatic nitrogens is 3. The third-order valence-corrected chi connectivity index (χ3v) is 2.78. The van der Waals surface area contributed by atoms with Crippen LogP contribution in [0, 0.1) is 32.1 Å². The van der Waals surface area contributed by atoms with Gasteiger partial charge in [-0.3, -0.25) is 0 Å². The summed E-state index contributed by atoms with van der Waals surface area (Å²) < 4.78 is 1.34. The summed E-state index contributed by atoms with van der Waals surface area (Å²) in [6.45, 7) is 5.23. The zero-order chi connectivity index (χ0) is 14.2. The van der Waals surface area contributed by atoms with E-state index in [1.165, 1.54) is 10.9 Å². The lowest BCUT2D eigenvalue weighted by Crippen LogP contribution is -2.05. The average Bonchev–Trinajstić information content (AvgIpc) is 2.70. The molecule has 2 aromatic rings. The van der Waals surface area contributed by atoms with Crippen molar-refractivity contribution in [3.8, 4) is 11.9 Å². The summed E-state index contributed by atoms with van der Waals surface area (Å²) in [6, 6.07) is 3.88. The van der Waals surface area contributed by atoms with E-state index in [9.17, 15) is 10.1 Å². The largest absolute Gasteiger partial charge is 0.478 e. The number of nitriles is 1. The Labute approximate surface area is 109 Å². The van der Waals surface area contributed by atoms with Crippen LogP contribution in [-0.4, -0.2) is 25.8 Å². The van der Waals surface area contributed by atoms with E-state index in [2.05, 4.69) is 16.2 Å². The third kappa shape index (κ3) is 2.18.